The minimum Gasteiger partial charge on any atom is -0.347 e. The Labute approximate surface area is 156 Å². The summed E-state index contributed by atoms with van der Waals surface area (Å²) in [5.41, 5.74) is 2.25. The van der Waals surface area contributed by atoms with E-state index in [9.17, 15) is 9.59 Å². The Balaban J connectivity index is 1.25. The fourth-order valence-corrected chi connectivity index (χ4v) is 6.12. The third-order valence-electron chi connectivity index (χ3n) is 6.79. The van der Waals surface area contributed by atoms with E-state index in [-0.39, 0.29) is 23.8 Å². The molecule has 0 radical (unpaired) electrons. The maximum absolute atomic E-state index is 12.5. The summed E-state index contributed by atoms with van der Waals surface area (Å²) in [5, 5.41) is 5.70. The summed E-state index contributed by atoms with van der Waals surface area (Å²) in [7, 11) is 0. The molecule has 0 atom stereocenters. The maximum Gasteiger partial charge on any atom is 0.243 e. The molecule has 0 saturated heterocycles. The summed E-state index contributed by atoms with van der Waals surface area (Å²) < 4.78 is 0. The number of benzene rings is 1. The SMILES string of the molecule is CCc1ccc(NC(=O)CNC(=O)CC23CC4CC(CC(C4)C2)C3)cc1. The number of anilines is 1. The van der Waals surface area contributed by atoms with Crippen LogP contribution in [0.3, 0.4) is 0 Å². The van der Waals surface area contributed by atoms with Gasteiger partial charge in [0, 0.05) is 12.1 Å². The molecule has 0 heterocycles. The van der Waals surface area contributed by atoms with Crippen molar-refractivity contribution >= 4 is 17.5 Å². The van der Waals surface area contributed by atoms with Gasteiger partial charge in [-0.15, -0.1) is 0 Å². The molecule has 4 heteroatoms. The van der Waals surface area contributed by atoms with Crippen molar-refractivity contribution in [2.75, 3.05) is 11.9 Å². The summed E-state index contributed by atoms with van der Waals surface area (Å²) in [4.78, 5) is 24.6. The smallest absolute Gasteiger partial charge is 0.243 e. The summed E-state index contributed by atoms with van der Waals surface area (Å²) >= 11 is 0. The Morgan fingerprint density at radius 3 is 2.08 bits per heavy atom. The molecule has 2 amide bonds. The number of hydrogen-bond donors (Lipinski definition) is 2. The first kappa shape index (κ1) is 17.6. The summed E-state index contributed by atoms with van der Waals surface area (Å²) in [6.45, 7) is 2.16. The molecule has 1 aromatic carbocycles. The highest BCUT2D eigenvalue weighted by molar-refractivity contribution is 5.94. The fourth-order valence-electron chi connectivity index (χ4n) is 6.12. The van der Waals surface area contributed by atoms with Gasteiger partial charge < -0.3 is 10.6 Å². The van der Waals surface area contributed by atoms with Crippen LogP contribution in [0, 0.1) is 23.2 Å². The summed E-state index contributed by atoms with van der Waals surface area (Å²) in [5.74, 6) is 2.44. The highest BCUT2D eigenvalue weighted by Gasteiger charge is 2.51. The molecule has 0 aliphatic heterocycles. The Morgan fingerprint density at radius 2 is 1.54 bits per heavy atom. The standard InChI is InChI=1S/C22H30N2O2/c1-2-15-3-5-19(6-4-15)24-21(26)14-23-20(25)13-22-10-16-7-17(11-22)9-18(8-16)12-22/h3-6,16-18H,2,7-14H2,1H3,(H,23,25)(H,24,26). The number of carbonyl (C=O) groups is 2. The van der Waals surface area contributed by atoms with Crippen LogP contribution in [0.1, 0.15) is 57.4 Å². The molecule has 26 heavy (non-hydrogen) atoms. The van der Waals surface area contributed by atoms with Crippen molar-refractivity contribution in [1.29, 1.82) is 0 Å². The van der Waals surface area contributed by atoms with Gasteiger partial charge in [0.15, 0.2) is 0 Å². The minimum atomic E-state index is -0.159. The van der Waals surface area contributed by atoms with Crippen LogP contribution in [0.2, 0.25) is 0 Å². The Hall–Kier alpha value is -1.84. The summed E-state index contributed by atoms with van der Waals surface area (Å²) in [6.07, 6.45) is 9.43. The van der Waals surface area contributed by atoms with Crippen molar-refractivity contribution in [2.24, 2.45) is 23.2 Å². The van der Waals surface area contributed by atoms with E-state index in [0.29, 0.717) is 6.42 Å². The van der Waals surface area contributed by atoms with Gasteiger partial charge in [-0.3, -0.25) is 9.59 Å². The summed E-state index contributed by atoms with van der Waals surface area (Å²) in [6, 6.07) is 7.85. The van der Waals surface area contributed by atoms with E-state index in [4.69, 9.17) is 0 Å². The molecule has 4 saturated carbocycles. The van der Waals surface area contributed by atoms with Crippen LogP contribution in [-0.2, 0) is 16.0 Å². The zero-order valence-electron chi connectivity index (χ0n) is 15.7. The molecular weight excluding hydrogens is 324 g/mol. The number of nitrogens with one attached hydrogen (secondary N) is 2. The highest BCUT2D eigenvalue weighted by Crippen LogP contribution is 2.61. The molecule has 0 aromatic heterocycles. The fraction of sp³-hybridized carbons (Fsp3) is 0.636. The van der Waals surface area contributed by atoms with Crippen molar-refractivity contribution in [2.45, 2.75) is 58.3 Å². The number of hydrogen-bond acceptors (Lipinski definition) is 2. The van der Waals surface area contributed by atoms with Crippen LogP contribution in [0.15, 0.2) is 24.3 Å². The molecule has 5 rings (SSSR count). The number of amides is 2. The largest absolute Gasteiger partial charge is 0.347 e. The van der Waals surface area contributed by atoms with Crippen LogP contribution < -0.4 is 10.6 Å². The van der Waals surface area contributed by atoms with Gasteiger partial charge in [-0.2, -0.15) is 0 Å². The number of aryl methyl sites for hydroxylation is 1. The van der Waals surface area contributed by atoms with E-state index in [1.807, 2.05) is 24.3 Å². The Bertz CT molecular complexity index is 645. The van der Waals surface area contributed by atoms with Crippen LogP contribution in [0.5, 0.6) is 0 Å². The van der Waals surface area contributed by atoms with E-state index in [1.165, 1.54) is 44.1 Å². The quantitative estimate of drug-likeness (QED) is 0.814. The van der Waals surface area contributed by atoms with Gasteiger partial charge >= 0.3 is 0 Å². The van der Waals surface area contributed by atoms with Crippen molar-refractivity contribution in [3.63, 3.8) is 0 Å². The molecule has 0 spiro atoms. The zero-order chi connectivity index (χ0) is 18.1. The molecule has 4 fully saturated rings. The van der Waals surface area contributed by atoms with Crippen molar-refractivity contribution < 1.29 is 9.59 Å². The van der Waals surface area contributed by atoms with E-state index in [2.05, 4.69) is 17.6 Å². The molecule has 2 N–H and O–H groups in total. The molecular formula is C22H30N2O2. The van der Waals surface area contributed by atoms with Crippen molar-refractivity contribution in [1.82, 2.24) is 5.32 Å². The van der Waals surface area contributed by atoms with Gasteiger partial charge in [0.05, 0.1) is 6.54 Å². The predicted octanol–water partition coefficient (Wildman–Crippen LogP) is 3.91. The van der Waals surface area contributed by atoms with E-state index < -0.39 is 0 Å². The van der Waals surface area contributed by atoms with Crippen LogP contribution >= 0.6 is 0 Å². The topological polar surface area (TPSA) is 58.2 Å². The van der Waals surface area contributed by atoms with Gasteiger partial charge in [-0.1, -0.05) is 19.1 Å². The third-order valence-corrected chi connectivity index (χ3v) is 6.79. The van der Waals surface area contributed by atoms with Crippen LogP contribution in [0.4, 0.5) is 5.69 Å². The average Bonchev–Trinajstić information content (AvgIpc) is 2.59. The lowest BCUT2D eigenvalue weighted by Crippen LogP contribution is -2.48. The van der Waals surface area contributed by atoms with Gasteiger partial charge in [-0.25, -0.2) is 0 Å². The van der Waals surface area contributed by atoms with Crippen molar-refractivity contribution in [3.05, 3.63) is 29.8 Å². The lowest BCUT2D eigenvalue weighted by Gasteiger charge is -2.56. The highest BCUT2D eigenvalue weighted by atomic mass is 16.2. The molecule has 140 valence electrons. The second kappa shape index (κ2) is 7.05. The Morgan fingerprint density at radius 1 is 0.962 bits per heavy atom. The first-order valence-electron chi connectivity index (χ1n) is 10.2. The number of rotatable bonds is 6. The zero-order valence-corrected chi connectivity index (χ0v) is 15.7. The van der Waals surface area contributed by atoms with E-state index in [0.717, 1.165) is 29.9 Å². The second-order valence-corrected chi connectivity index (χ2v) is 8.97. The first-order valence-corrected chi connectivity index (χ1v) is 10.2. The monoisotopic (exact) mass is 354 g/mol. The van der Waals surface area contributed by atoms with Gasteiger partial charge in [0.1, 0.15) is 0 Å². The third kappa shape index (κ3) is 3.79. The minimum absolute atomic E-state index is 0.0448. The average molecular weight is 354 g/mol. The lowest BCUT2D eigenvalue weighted by molar-refractivity contribution is -0.131. The first-order chi connectivity index (χ1) is 12.5. The molecule has 4 aliphatic carbocycles. The van der Waals surface area contributed by atoms with Gasteiger partial charge in [0.2, 0.25) is 11.8 Å². The van der Waals surface area contributed by atoms with Gasteiger partial charge in [-0.05, 0) is 85.8 Å². The second-order valence-electron chi connectivity index (χ2n) is 8.97. The molecule has 0 unspecified atom stereocenters. The van der Waals surface area contributed by atoms with E-state index >= 15 is 0 Å². The normalized spacial score (nSPS) is 31.7. The molecule has 4 nitrogen and oxygen atoms in total. The van der Waals surface area contributed by atoms with E-state index in [1.54, 1.807) is 0 Å². The Kier molecular flexibility index (Phi) is 4.76. The van der Waals surface area contributed by atoms with Gasteiger partial charge in [0.25, 0.3) is 0 Å². The lowest BCUT2D eigenvalue weighted by atomic mass is 9.49. The van der Waals surface area contributed by atoms with Crippen LogP contribution in [0.25, 0.3) is 0 Å². The predicted molar refractivity (Wildman–Crippen MR) is 103 cm³/mol. The number of carbonyl (C=O) groups excluding carboxylic acids is 2. The van der Waals surface area contributed by atoms with Crippen molar-refractivity contribution in [3.8, 4) is 0 Å². The molecule has 1 aromatic rings. The molecule has 4 aliphatic rings. The van der Waals surface area contributed by atoms with Crippen LogP contribution in [-0.4, -0.2) is 18.4 Å². The molecule has 4 bridgehead atoms. The maximum atomic E-state index is 12.5.